The van der Waals surface area contributed by atoms with Crippen LogP contribution in [-0.2, 0) is 11.2 Å². The molecule has 0 aliphatic heterocycles. The number of carbonyl (C=O) groups is 1. The third-order valence-electron chi connectivity index (χ3n) is 4.56. The summed E-state index contributed by atoms with van der Waals surface area (Å²) < 4.78 is 1.57. The van der Waals surface area contributed by atoms with E-state index in [1.54, 1.807) is 4.68 Å². The Morgan fingerprint density at radius 2 is 1.96 bits per heavy atom. The number of nitrogens with zero attached hydrogens (tertiary/aromatic N) is 6. The van der Waals surface area contributed by atoms with Gasteiger partial charge in [0.05, 0.1) is 12.1 Å². The maximum atomic E-state index is 12.3. The highest BCUT2D eigenvalue weighted by Crippen LogP contribution is 2.35. The summed E-state index contributed by atoms with van der Waals surface area (Å²) in [6.07, 6.45) is 7.99. The van der Waals surface area contributed by atoms with Crippen molar-refractivity contribution in [2.24, 2.45) is 0 Å². The molecule has 4 rings (SSSR count). The molecule has 8 nitrogen and oxygen atoms in total. The van der Waals surface area contributed by atoms with Crippen molar-refractivity contribution in [1.82, 2.24) is 30.4 Å². The average molecular weight is 369 g/mol. The number of benzene rings is 1. The average Bonchev–Trinajstić information content (AvgIpc) is 3.35. The van der Waals surface area contributed by atoms with Crippen molar-refractivity contribution in [3.63, 3.8) is 0 Å². The zero-order chi connectivity index (χ0) is 17.8. The lowest BCUT2D eigenvalue weighted by Gasteiger charge is -2.18. The molecule has 0 atom stereocenters. The van der Waals surface area contributed by atoms with E-state index in [2.05, 4.69) is 31.0 Å². The van der Waals surface area contributed by atoms with Crippen molar-refractivity contribution < 1.29 is 4.79 Å². The maximum Gasteiger partial charge on any atom is 0.230 e. The molecule has 26 heavy (non-hydrogen) atoms. The number of hydrogen-bond donors (Lipinski definition) is 1. The van der Waals surface area contributed by atoms with Crippen LogP contribution in [0.15, 0.2) is 30.6 Å². The number of aromatic nitrogens is 6. The fourth-order valence-corrected chi connectivity index (χ4v) is 4.12. The Bertz CT molecular complexity index is 854. The summed E-state index contributed by atoms with van der Waals surface area (Å²) in [6.45, 7) is 0. The first-order valence-corrected chi connectivity index (χ1v) is 9.55. The summed E-state index contributed by atoms with van der Waals surface area (Å²) in [7, 11) is 0. The van der Waals surface area contributed by atoms with Gasteiger partial charge in [0.25, 0.3) is 0 Å². The van der Waals surface area contributed by atoms with Gasteiger partial charge in [-0.05, 0) is 41.0 Å². The van der Waals surface area contributed by atoms with Gasteiger partial charge in [-0.25, -0.2) is 4.68 Å². The van der Waals surface area contributed by atoms with Crippen molar-refractivity contribution in [2.75, 3.05) is 5.32 Å². The van der Waals surface area contributed by atoms with E-state index in [9.17, 15) is 4.79 Å². The van der Waals surface area contributed by atoms with E-state index in [1.807, 2.05) is 24.3 Å². The van der Waals surface area contributed by atoms with E-state index in [-0.39, 0.29) is 12.3 Å². The second-order valence-electron chi connectivity index (χ2n) is 6.43. The number of anilines is 1. The number of carbonyl (C=O) groups excluding carboxylic acids is 1. The first-order valence-electron chi connectivity index (χ1n) is 8.73. The summed E-state index contributed by atoms with van der Waals surface area (Å²) in [6, 6.07) is 7.55. The van der Waals surface area contributed by atoms with Crippen molar-refractivity contribution in [3.8, 4) is 5.69 Å². The minimum atomic E-state index is -0.0912. The number of hydrogen-bond acceptors (Lipinski definition) is 7. The number of nitrogens with one attached hydrogen (secondary N) is 1. The zero-order valence-corrected chi connectivity index (χ0v) is 15.0. The van der Waals surface area contributed by atoms with Crippen molar-refractivity contribution in [3.05, 3.63) is 41.2 Å². The van der Waals surface area contributed by atoms with Gasteiger partial charge >= 0.3 is 0 Å². The van der Waals surface area contributed by atoms with Gasteiger partial charge in [-0.3, -0.25) is 4.79 Å². The van der Waals surface area contributed by atoms with Gasteiger partial charge in [-0.2, -0.15) is 0 Å². The summed E-state index contributed by atoms with van der Waals surface area (Å²) in [4.78, 5) is 12.3. The summed E-state index contributed by atoms with van der Waals surface area (Å²) in [5.41, 5.74) is 1.76. The molecule has 1 saturated carbocycles. The minimum absolute atomic E-state index is 0.0912. The van der Waals surface area contributed by atoms with Gasteiger partial charge in [0, 0.05) is 5.92 Å². The predicted octanol–water partition coefficient (Wildman–Crippen LogP) is 2.74. The maximum absolute atomic E-state index is 12.3. The summed E-state index contributed by atoms with van der Waals surface area (Å²) >= 11 is 1.50. The molecule has 0 radical (unpaired) electrons. The van der Waals surface area contributed by atoms with Crippen LogP contribution < -0.4 is 5.32 Å². The molecule has 0 bridgehead atoms. The lowest BCUT2D eigenvalue weighted by molar-refractivity contribution is -0.115. The smallest absolute Gasteiger partial charge is 0.230 e. The highest BCUT2D eigenvalue weighted by atomic mass is 32.1. The standard InChI is InChI=1S/C17H19N7OS/c25-15(10-12-6-8-14(9-7-12)24-11-18-22-23-24)19-17-21-20-16(26-17)13-4-2-1-3-5-13/h6-9,11,13H,1-5,10H2,(H,19,21,25). The van der Waals surface area contributed by atoms with Gasteiger partial charge in [0.15, 0.2) is 0 Å². The molecule has 2 heterocycles. The molecule has 9 heteroatoms. The van der Waals surface area contributed by atoms with E-state index in [1.165, 1.54) is 49.8 Å². The Morgan fingerprint density at radius 1 is 1.15 bits per heavy atom. The number of amides is 1. The zero-order valence-electron chi connectivity index (χ0n) is 14.2. The van der Waals surface area contributed by atoms with E-state index in [4.69, 9.17) is 0 Å². The first kappa shape index (κ1) is 16.8. The normalized spacial score (nSPS) is 15.1. The molecule has 1 aliphatic carbocycles. The van der Waals surface area contributed by atoms with Crippen LogP contribution in [0.1, 0.15) is 48.6 Å². The molecule has 1 aliphatic rings. The SMILES string of the molecule is O=C(Cc1ccc(-n2cnnn2)cc1)Nc1nnc(C2CCCCC2)s1. The van der Waals surface area contributed by atoms with E-state index < -0.39 is 0 Å². The van der Waals surface area contributed by atoms with Crippen LogP contribution in [0.2, 0.25) is 0 Å². The van der Waals surface area contributed by atoms with Gasteiger partial charge in [-0.15, -0.1) is 15.3 Å². The lowest BCUT2D eigenvalue weighted by atomic mass is 9.90. The Hall–Kier alpha value is -2.68. The molecule has 1 fully saturated rings. The predicted molar refractivity (Wildman–Crippen MR) is 97.2 cm³/mol. The quantitative estimate of drug-likeness (QED) is 0.742. The van der Waals surface area contributed by atoms with Gasteiger partial charge in [0.2, 0.25) is 11.0 Å². The Morgan fingerprint density at radius 3 is 2.69 bits per heavy atom. The monoisotopic (exact) mass is 369 g/mol. The molecule has 0 unspecified atom stereocenters. The number of tetrazole rings is 1. The summed E-state index contributed by atoms with van der Waals surface area (Å²) in [5.74, 6) is 0.414. The molecular formula is C17H19N7OS. The van der Waals surface area contributed by atoms with E-state index >= 15 is 0 Å². The molecule has 2 aromatic heterocycles. The minimum Gasteiger partial charge on any atom is -0.300 e. The molecule has 1 N–H and O–H groups in total. The Kier molecular flexibility index (Phi) is 4.96. The Balaban J connectivity index is 1.34. The lowest BCUT2D eigenvalue weighted by Crippen LogP contribution is -2.14. The molecular weight excluding hydrogens is 350 g/mol. The fourth-order valence-electron chi connectivity index (χ4n) is 3.19. The third-order valence-corrected chi connectivity index (χ3v) is 5.56. The third kappa shape index (κ3) is 3.93. The number of rotatable bonds is 5. The van der Waals surface area contributed by atoms with Crippen LogP contribution >= 0.6 is 11.3 Å². The second-order valence-corrected chi connectivity index (χ2v) is 7.44. The van der Waals surface area contributed by atoms with Crippen LogP contribution in [0.3, 0.4) is 0 Å². The first-order chi connectivity index (χ1) is 12.8. The second kappa shape index (κ2) is 7.69. The molecule has 134 valence electrons. The summed E-state index contributed by atoms with van der Waals surface area (Å²) in [5, 5.41) is 23.9. The van der Waals surface area contributed by atoms with E-state index in [0.717, 1.165) is 16.3 Å². The van der Waals surface area contributed by atoms with Crippen LogP contribution in [0.25, 0.3) is 5.69 Å². The fraction of sp³-hybridized carbons (Fsp3) is 0.412. The van der Waals surface area contributed by atoms with Crippen LogP contribution in [-0.4, -0.2) is 36.3 Å². The topological polar surface area (TPSA) is 98.5 Å². The molecule has 3 aromatic rings. The van der Waals surface area contributed by atoms with Gasteiger partial charge in [-0.1, -0.05) is 42.7 Å². The van der Waals surface area contributed by atoms with Crippen molar-refractivity contribution in [2.45, 2.75) is 44.4 Å². The molecule has 0 saturated heterocycles. The van der Waals surface area contributed by atoms with Crippen molar-refractivity contribution >= 4 is 22.4 Å². The van der Waals surface area contributed by atoms with Gasteiger partial charge in [0.1, 0.15) is 11.3 Å². The van der Waals surface area contributed by atoms with Crippen molar-refractivity contribution in [1.29, 1.82) is 0 Å². The highest BCUT2D eigenvalue weighted by Gasteiger charge is 2.20. The van der Waals surface area contributed by atoms with E-state index in [0.29, 0.717) is 11.0 Å². The van der Waals surface area contributed by atoms with Crippen LogP contribution in [0, 0.1) is 0 Å². The Labute approximate surface area is 154 Å². The molecule has 0 spiro atoms. The van der Waals surface area contributed by atoms with Crippen LogP contribution in [0.5, 0.6) is 0 Å². The molecule has 1 amide bonds. The van der Waals surface area contributed by atoms with Crippen LogP contribution in [0.4, 0.5) is 5.13 Å². The largest absolute Gasteiger partial charge is 0.300 e. The van der Waals surface area contributed by atoms with Gasteiger partial charge < -0.3 is 5.32 Å². The highest BCUT2D eigenvalue weighted by molar-refractivity contribution is 7.15. The molecule has 1 aromatic carbocycles.